The number of rotatable bonds is 4. The van der Waals surface area contributed by atoms with Crippen LogP contribution < -0.4 is 10.6 Å². The topological polar surface area (TPSA) is 46.3 Å². The van der Waals surface area contributed by atoms with Gasteiger partial charge in [-0.3, -0.25) is 4.79 Å². The molecule has 2 N–H and O–H groups in total. The Labute approximate surface area is 90.9 Å². The zero-order valence-electron chi connectivity index (χ0n) is 9.36. The van der Waals surface area contributed by atoms with E-state index in [0.717, 1.165) is 24.3 Å². The monoisotopic (exact) mass is 206 g/mol. The summed E-state index contributed by atoms with van der Waals surface area (Å²) in [5.41, 5.74) is 7.26. The normalized spacial score (nSPS) is 10.0. The Morgan fingerprint density at radius 3 is 2.33 bits per heavy atom. The van der Waals surface area contributed by atoms with Gasteiger partial charge >= 0.3 is 0 Å². The maximum atomic E-state index is 11.7. The van der Waals surface area contributed by atoms with Gasteiger partial charge in [-0.05, 0) is 30.7 Å². The first-order chi connectivity index (χ1) is 7.19. The van der Waals surface area contributed by atoms with E-state index < -0.39 is 0 Å². The van der Waals surface area contributed by atoms with E-state index in [0.29, 0.717) is 6.42 Å². The number of hydrogen-bond acceptors (Lipinski definition) is 2. The van der Waals surface area contributed by atoms with E-state index >= 15 is 0 Å². The second kappa shape index (κ2) is 5.39. The minimum absolute atomic E-state index is 0.154. The smallest absolute Gasteiger partial charge is 0.226 e. The van der Waals surface area contributed by atoms with Gasteiger partial charge in [0, 0.05) is 24.3 Å². The first kappa shape index (κ1) is 11.6. The zero-order chi connectivity index (χ0) is 11.3. The Bertz CT molecular complexity index is 319. The Morgan fingerprint density at radius 2 is 1.87 bits per heavy atom. The summed E-state index contributed by atoms with van der Waals surface area (Å²) in [7, 11) is 0. The molecule has 0 unspecified atom stereocenters. The van der Waals surface area contributed by atoms with Gasteiger partial charge in [-0.25, -0.2) is 0 Å². The van der Waals surface area contributed by atoms with Crippen molar-refractivity contribution in [1.82, 2.24) is 0 Å². The first-order valence-electron chi connectivity index (χ1n) is 5.35. The summed E-state index contributed by atoms with van der Waals surface area (Å²) < 4.78 is 0. The zero-order valence-corrected chi connectivity index (χ0v) is 9.36. The lowest BCUT2D eigenvalue weighted by Gasteiger charge is -2.21. The molecule has 0 spiro atoms. The summed E-state index contributed by atoms with van der Waals surface area (Å²) in [6.07, 6.45) is 1.49. The second-order valence-electron chi connectivity index (χ2n) is 3.49. The van der Waals surface area contributed by atoms with Crippen LogP contribution in [0.25, 0.3) is 0 Å². The van der Waals surface area contributed by atoms with E-state index in [1.165, 1.54) is 0 Å². The molecule has 1 aromatic carbocycles. The molecule has 0 aromatic heterocycles. The van der Waals surface area contributed by atoms with Gasteiger partial charge in [0.15, 0.2) is 0 Å². The van der Waals surface area contributed by atoms with Crippen molar-refractivity contribution in [2.45, 2.75) is 26.7 Å². The van der Waals surface area contributed by atoms with E-state index in [-0.39, 0.29) is 5.91 Å². The van der Waals surface area contributed by atoms with Crippen molar-refractivity contribution < 1.29 is 4.79 Å². The van der Waals surface area contributed by atoms with Gasteiger partial charge in [0.25, 0.3) is 0 Å². The second-order valence-corrected chi connectivity index (χ2v) is 3.49. The van der Waals surface area contributed by atoms with Crippen LogP contribution in [-0.2, 0) is 4.79 Å². The molecule has 1 rings (SSSR count). The first-order valence-corrected chi connectivity index (χ1v) is 5.35. The molecule has 0 atom stereocenters. The summed E-state index contributed by atoms with van der Waals surface area (Å²) in [5.74, 6) is 0.154. The molecular weight excluding hydrogens is 188 g/mol. The number of amides is 1. The molecule has 0 aliphatic heterocycles. The maximum Gasteiger partial charge on any atom is 0.226 e. The highest BCUT2D eigenvalue weighted by Gasteiger charge is 2.11. The van der Waals surface area contributed by atoms with Crippen LogP contribution >= 0.6 is 0 Å². The van der Waals surface area contributed by atoms with Gasteiger partial charge in [0.1, 0.15) is 0 Å². The third-order valence-corrected chi connectivity index (χ3v) is 2.26. The van der Waals surface area contributed by atoms with Crippen LogP contribution in [0.4, 0.5) is 11.4 Å². The molecule has 0 radical (unpaired) electrons. The molecule has 0 heterocycles. The van der Waals surface area contributed by atoms with Crippen molar-refractivity contribution in [2.75, 3.05) is 17.2 Å². The van der Waals surface area contributed by atoms with Crippen LogP contribution in [0.3, 0.4) is 0 Å². The molecular formula is C12H18N2O. The highest BCUT2D eigenvalue weighted by Crippen LogP contribution is 2.17. The van der Waals surface area contributed by atoms with Crippen LogP contribution in [0.5, 0.6) is 0 Å². The molecule has 0 saturated carbocycles. The average molecular weight is 206 g/mol. The van der Waals surface area contributed by atoms with Crippen molar-refractivity contribution in [3.05, 3.63) is 24.3 Å². The van der Waals surface area contributed by atoms with E-state index in [1.807, 2.05) is 31.2 Å². The van der Waals surface area contributed by atoms with E-state index in [1.54, 1.807) is 4.90 Å². The maximum absolute atomic E-state index is 11.7. The van der Waals surface area contributed by atoms with Crippen LogP contribution in [0.1, 0.15) is 26.7 Å². The average Bonchev–Trinajstić information content (AvgIpc) is 2.26. The Morgan fingerprint density at radius 1 is 1.27 bits per heavy atom. The van der Waals surface area contributed by atoms with Crippen LogP contribution in [0, 0.1) is 0 Å². The predicted octanol–water partition coefficient (Wildman–Crippen LogP) is 2.42. The lowest BCUT2D eigenvalue weighted by atomic mass is 10.2. The third kappa shape index (κ3) is 2.98. The fourth-order valence-electron chi connectivity index (χ4n) is 1.47. The minimum Gasteiger partial charge on any atom is -0.399 e. The molecule has 82 valence electrons. The van der Waals surface area contributed by atoms with E-state index in [9.17, 15) is 4.79 Å². The van der Waals surface area contributed by atoms with Gasteiger partial charge in [0.2, 0.25) is 5.91 Å². The molecule has 0 aliphatic carbocycles. The van der Waals surface area contributed by atoms with Gasteiger partial charge in [-0.1, -0.05) is 13.8 Å². The third-order valence-electron chi connectivity index (χ3n) is 2.26. The number of carbonyl (C=O) groups excluding carboxylic acids is 1. The van der Waals surface area contributed by atoms with Crippen LogP contribution in [0.15, 0.2) is 24.3 Å². The largest absolute Gasteiger partial charge is 0.399 e. The molecule has 0 bridgehead atoms. The van der Waals surface area contributed by atoms with Gasteiger partial charge < -0.3 is 10.6 Å². The summed E-state index contributed by atoms with van der Waals surface area (Å²) in [5, 5.41) is 0. The van der Waals surface area contributed by atoms with Crippen molar-refractivity contribution in [2.24, 2.45) is 0 Å². The molecule has 0 aliphatic rings. The van der Waals surface area contributed by atoms with Crippen molar-refractivity contribution in [3.63, 3.8) is 0 Å². The number of hydrogen-bond donors (Lipinski definition) is 1. The summed E-state index contributed by atoms with van der Waals surface area (Å²) in [6, 6.07) is 7.42. The van der Waals surface area contributed by atoms with Gasteiger partial charge in [0.05, 0.1) is 0 Å². The number of nitrogens with zero attached hydrogens (tertiary/aromatic N) is 1. The Balaban J connectivity index is 2.88. The number of nitrogen functional groups attached to an aromatic ring is 1. The number of anilines is 2. The molecule has 0 saturated heterocycles. The highest BCUT2D eigenvalue weighted by atomic mass is 16.2. The van der Waals surface area contributed by atoms with Crippen molar-refractivity contribution in [3.8, 4) is 0 Å². The lowest BCUT2D eigenvalue weighted by Crippen LogP contribution is -2.30. The lowest BCUT2D eigenvalue weighted by molar-refractivity contribution is -0.118. The molecule has 0 fully saturated rings. The van der Waals surface area contributed by atoms with Crippen molar-refractivity contribution in [1.29, 1.82) is 0 Å². The minimum atomic E-state index is 0.154. The predicted molar refractivity (Wildman–Crippen MR) is 63.8 cm³/mol. The molecule has 3 nitrogen and oxygen atoms in total. The van der Waals surface area contributed by atoms with Gasteiger partial charge in [-0.15, -0.1) is 0 Å². The summed E-state index contributed by atoms with van der Waals surface area (Å²) in [4.78, 5) is 13.5. The Kier molecular flexibility index (Phi) is 4.16. The Hall–Kier alpha value is -1.51. The number of carbonyl (C=O) groups is 1. The standard InChI is InChI=1S/C12H18N2O/c1-3-9-14(12(15)4-2)11-7-5-10(13)6-8-11/h5-8H,3-4,9,13H2,1-2H3. The fourth-order valence-corrected chi connectivity index (χ4v) is 1.47. The van der Waals surface area contributed by atoms with Gasteiger partial charge in [-0.2, -0.15) is 0 Å². The molecule has 15 heavy (non-hydrogen) atoms. The summed E-state index contributed by atoms with van der Waals surface area (Å²) in [6.45, 7) is 4.70. The van der Waals surface area contributed by atoms with E-state index in [2.05, 4.69) is 6.92 Å². The fraction of sp³-hybridized carbons (Fsp3) is 0.417. The molecule has 1 amide bonds. The molecule has 3 heteroatoms. The quantitative estimate of drug-likeness (QED) is 0.769. The van der Waals surface area contributed by atoms with Crippen LogP contribution in [-0.4, -0.2) is 12.5 Å². The van der Waals surface area contributed by atoms with E-state index in [4.69, 9.17) is 5.73 Å². The number of nitrogens with two attached hydrogens (primary N) is 1. The highest BCUT2D eigenvalue weighted by molar-refractivity contribution is 5.93. The van der Waals surface area contributed by atoms with Crippen molar-refractivity contribution >= 4 is 17.3 Å². The number of benzene rings is 1. The molecule has 1 aromatic rings. The van der Waals surface area contributed by atoms with Crippen LogP contribution in [0.2, 0.25) is 0 Å². The SMILES string of the molecule is CCCN(C(=O)CC)c1ccc(N)cc1. The summed E-state index contributed by atoms with van der Waals surface area (Å²) >= 11 is 0.